The van der Waals surface area contributed by atoms with Crippen LogP contribution in [0.25, 0.3) is 0 Å². The zero-order valence-electron chi connectivity index (χ0n) is 13.9. The molecular weight excluding hydrogens is 304 g/mol. The molecule has 0 saturated carbocycles. The molecule has 0 atom stereocenters. The molecule has 1 aromatic rings. The van der Waals surface area contributed by atoms with Gasteiger partial charge in [-0.2, -0.15) is 0 Å². The van der Waals surface area contributed by atoms with Gasteiger partial charge in [0.05, 0.1) is 17.7 Å². The van der Waals surface area contributed by atoms with E-state index < -0.39 is 21.5 Å². The first kappa shape index (κ1) is 18.4. The first-order chi connectivity index (χ1) is 9.98. The van der Waals surface area contributed by atoms with Crippen LogP contribution in [0.2, 0.25) is 0 Å². The third kappa shape index (κ3) is 4.71. The van der Waals surface area contributed by atoms with Gasteiger partial charge in [0.1, 0.15) is 5.56 Å². The maximum absolute atomic E-state index is 12.6. The monoisotopic (exact) mass is 328 g/mol. The highest BCUT2D eigenvalue weighted by Crippen LogP contribution is 2.26. The summed E-state index contributed by atoms with van der Waals surface area (Å²) in [6, 6.07) is 4.68. The highest BCUT2D eigenvalue weighted by atomic mass is 32.2. The van der Waals surface area contributed by atoms with Gasteiger partial charge in [-0.25, -0.2) is 17.9 Å². The Kier molecular flexibility index (Phi) is 5.59. The molecule has 0 aliphatic heterocycles. The van der Waals surface area contributed by atoms with Gasteiger partial charge in [0.25, 0.3) is 0 Å². The minimum absolute atomic E-state index is 0.00968. The lowest BCUT2D eigenvalue weighted by molar-refractivity contribution is 0.0597. The minimum atomic E-state index is -3.85. The summed E-state index contributed by atoms with van der Waals surface area (Å²) < 4.78 is 32.5. The molecule has 0 unspecified atom stereocenters. The molecule has 7 heteroatoms. The second kappa shape index (κ2) is 6.66. The second-order valence-corrected chi connectivity index (χ2v) is 7.98. The highest BCUT2D eigenvalue weighted by Gasteiger charge is 2.29. The number of carbonyl (C=O) groups is 1. The van der Waals surface area contributed by atoms with Crippen molar-refractivity contribution < 1.29 is 17.9 Å². The Balaban J connectivity index is 3.51. The Morgan fingerprint density at radius 1 is 1.23 bits per heavy atom. The molecule has 0 aromatic heterocycles. The molecule has 0 saturated heterocycles. The van der Waals surface area contributed by atoms with E-state index in [1.54, 1.807) is 32.9 Å². The average Bonchev–Trinajstić information content (AvgIpc) is 2.34. The lowest BCUT2D eigenvalue weighted by atomic mass is 10.1. The maximum Gasteiger partial charge on any atom is 0.341 e. The number of rotatable bonds is 5. The number of anilines is 1. The summed E-state index contributed by atoms with van der Waals surface area (Å²) >= 11 is 0. The van der Waals surface area contributed by atoms with E-state index in [0.29, 0.717) is 5.69 Å². The molecule has 0 amide bonds. The van der Waals surface area contributed by atoms with Crippen molar-refractivity contribution in [2.45, 2.75) is 51.1 Å². The van der Waals surface area contributed by atoms with E-state index in [0.717, 1.165) is 0 Å². The molecule has 124 valence electrons. The van der Waals surface area contributed by atoms with Crippen molar-refractivity contribution in [1.82, 2.24) is 4.72 Å². The average molecular weight is 328 g/mol. The summed E-state index contributed by atoms with van der Waals surface area (Å²) in [6.45, 7) is 9.00. The Morgan fingerprint density at radius 2 is 1.82 bits per heavy atom. The number of hydrogen-bond acceptors (Lipinski definition) is 5. The molecule has 0 bridgehead atoms. The Labute approximate surface area is 132 Å². The van der Waals surface area contributed by atoms with Crippen LogP contribution >= 0.6 is 0 Å². The normalized spacial score (nSPS) is 12.3. The second-order valence-electron chi connectivity index (χ2n) is 6.32. The van der Waals surface area contributed by atoms with Gasteiger partial charge in [-0.05, 0) is 46.8 Å². The molecule has 0 aliphatic carbocycles. The van der Waals surface area contributed by atoms with Crippen LogP contribution in [0, 0.1) is 0 Å². The molecule has 0 aliphatic rings. The predicted octanol–water partition coefficient (Wildman–Crippen LogP) is 2.37. The Bertz CT molecular complexity index is 646. The number of carbonyl (C=O) groups excluding carboxylic acids is 1. The summed E-state index contributed by atoms with van der Waals surface area (Å²) in [6.07, 6.45) is 0. The fourth-order valence-corrected chi connectivity index (χ4v) is 3.59. The van der Waals surface area contributed by atoms with E-state index in [9.17, 15) is 13.2 Å². The van der Waals surface area contributed by atoms with Gasteiger partial charge in [0, 0.05) is 11.6 Å². The largest absolute Gasteiger partial charge is 0.465 e. The molecule has 0 radical (unpaired) electrons. The van der Waals surface area contributed by atoms with Crippen molar-refractivity contribution in [3.63, 3.8) is 0 Å². The van der Waals surface area contributed by atoms with Crippen LogP contribution in [-0.4, -0.2) is 33.1 Å². The van der Waals surface area contributed by atoms with E-state index in [2.05, 4.69) is 10.0 Å². The number of benzene rings is 1. The third-order valence-electron chi connectivity index (χ3n) is 2.59. The molecule has 1 aromatic carbocycles. The van der Waals surface area contributed by atoms with Gasteiger partial charge in [-0.3, -0.25) is 0 Å². The summed E-state index contributed by atoms with van der Waals surface area (Å²) in [5.74, 6) is -0.696. The maximum atomic E-state index is 12.6. The number of sulfonamides is 1. The number of methoxy groups -OCH3 is 1. The summed E-state index contributed by atoms with van der Waals surface area (Å²) in [4.78, 5) is 12.0. The van der Waals surface area contributed by atoms with Gasteiger partial charge in [-0.15, -0.1) is 0 Å². The van der Waals surface area contributed by atoms with E-state index in [1.807, 2.05) is 13.8 Å². The standard InChI is InChI=1S/C15H24N2O4S/c1-10(2)16-11-8-7-9-12(13(11)14(18)21-6)22(19,20)17-15(3,4)5/h7-10,16-17H,1-6H3. The van der Waals surface area contributed by atoms with E-state index in [-0.39, 0.29) is 16.5 Å². The van der Waals surface area contributed by atoms with Gasteiger partial charge in [0.15, 0.2) is 0 Å². The molecule has 22 heavy (non-hydrogen) atoms. The fraction of sp³-hybridized carbons (Fsp3) is 0.533. The van der Waals surface area contributed by atoms with Crippen LogP contribution in [-0.2, 0) is 14.8 Å². The van der Waals surface area contributed by atoms with Crippen LogP contribution in [0.3, 0.4) is 0 Å². The van der Waals surface area contributed by atoms with Crippen molar-refractivity contribution >= 4 is 21.7 Å². The zero-order chi connectivity index (χ0) is 17.1. The Morgan fingerprint density at radius 3 is 2.27 bits per heavy atom. The topological polar surface area (TPSA) is 84.5 Å². The van der Waals surface area contributed by atoms with Gasteiger partial charge in [0.2, 0.25) is 10.0 Å². The fourth-order valence-electron chi connectivity index (χ4n) is 1.96. The summed E-state index contributed by atoms with van der Waals surface area (Å²) in [7, 11) is -2.63. The summed E-state index contributed by atoms with van der Waals surface area (Å²) in [5.41, 5.74) is -0.220. The van der Waals surface area contributed by atoms with Crippen LogP contribution in [0.1, 0.15) is 45.0 Å². The Hall–Kier alpha value is -1.60. The van der Waals surface area contributed by atoms with E-state index >= 15 is 0 Å². The van der Waals surface area contributed by atoms with Gasteiger partial charge >= 0.3 is 5.97 Å². The molecule has 6 nitrogen and oxygen atoms in total. The van der Waals surface area contributed by atoms with Crippen LogP contribution in [0.4, 0.5) is 5.69 Å². The van der Waals surface area contributed by atoms with Crippen LogP contribution in [0.15, 0.2) is 23.1 Å². The smallest absolute Gasteiger partial charge is 0.341 e. The summed E-state index contributed by atoms with van der Waals surface area (Å²) in [5, 5.41) is 3.07. The van der Waals surface area contributed by atoms with Crippen molar-refractivity contribution in [2.75, 3.05) is 12.4 Å². The highest BCUT2D eigenvalue weighted by molar-refractivity contribution is 7.89. The third-order valence-corrected chi connectivity index (χ3v) is 4.39. The first-order valence-corrected chi connectivity index (χ1v) is 8.48. The molecular formula is C15H24N2O4S. The van der Waals surface area contributed by atoms with Gasteiger partial charge < -0.3 is 10.1 Å². The van der Waals surface area contributed by atoms with Crippen molar-refractivity contribution in [1.29, 1.82) is 0 Å². The number of ether oxygens (including phenoxy) is 1. The lowest BCUT2D eigenvalue weighted by Crippen LogP contribution is -2.41. The van der Waals surface area contributed by atoms with E-state index in [4.69, 9.17) is 4.74 Å². The minimum Gasteiger partial charge on any atom is -0.465 e. The van der Waals surface area contributed by atoms with E-state index in [1.165, 1.54) is 13.2 Å². The molecule has 0 heterocycles. The quantitative estimate of drug-likeness (QED) is 0.811. The SMILES string of the molecule is COC(=O)c1c(NC(C)C)cccc1S(=O)(=O)NC(C)(C)C. The number of nitrogens with one attached hydrogen (secondary N) is 2. The van der Waals surface area contributed by atoms with Gasteiger partial charge in [-0.1, -0.05) is 6.07 Å². The zero-order valence-corrected chi connectivity index (χ0v) is 14.7. The predicted molar refractivity (Wildman–Crippen MR) is 86.6 cm³/mol. The first-order valence-electron chi connectivity index (χ1n) is 7.00. The number of esters is 1. The molecule has 0 spiro atoms. The molecule has 1 rings (SSSR count). The number of hydrogen-bond donors (Lipinski definition) is 2. The van der Waals surface area contributed by atoms with Crippen molar-refractivity contribution in [3.8, 4) is 0 Å². The van der Waals surface area contributed by atoms with Crippen molar-refractivity contribution in [2.24, 2.45) is 0 Å². The lowest BCUT2D eigenvalue weighted by Gasteiger charge is -2.22. The van der Waals surface area contributed by atoms with Crippen LogP contribution in [0.5, 0.6) is 0 Å². The van der Waals surface area contributed by atoms with Crippen molar-refractivity contribution in [3.05, 3.63) is 23.8 Å². The molecule has 2 N–H and O–H groups in total. The van der Waals surface area contributed by atoms with Crippen LogP contribution < -0.4 is 10.0 Å². The molecule has 0 fully saturated rings.